The van der Waals surface area contributed by atoms with Crippen LogP contribution in [0, 0.1) is 0 Å². The number of benzene rings is 2. The summed E-state index contributed by atoms with van der Waals surface area (Å²) in [6.45, 7) is 0.840. The van der Waals surface area contributed by atoms with Crippen molar-refractivity contribution in [2.45, 2.75) is 22.7 Å². The van der Waals surface area contributed by atoms with Crippen molar-refractivity contribution in [1.29, 1.82) is 0 Å². The lowest BCUT2D eigenvalue weighted by atomic mass is 9.80. The quantitative estimate of drug-likeness (QED) is 0.347. The number of alkyl halides is 3. The second kappa shape index (κ2) is 14.7. The van der Waals surface area contributed by atoms with E-state index in [1.54, 1.807) is 37.2 Å². The van der Waals surface area contributed by atoms with Crippen molar-refractivity contribution >= 4 is 45.1 Å². The molecule has 1 saturated heterocycles. The number of likely N-dealkylation sites (N-methyl/N-ethyl adjacent to an activating group) is 1. The smallest absolute Gasteiger partial charge is 0.490 e. The molecule has 1 fully saturated rings. The minimum atomic E-state index is -5.08. The molecule has 270 valence electrons. The highest BCUT2D eigenvalue weighted by atomic mass is 35.5. The van der Waals surface area contributed by atoms with Crippen molar-refractivity contribution in [3.05, 3.63) is 70.9 Å². The molecule has 0 bridgehead atoms. The number of methoxy groups -OCH3 is 3. The fourth-order valence-corrected chi connectivity index (χ4v) is 7.59. The average Bonchev–Trinajstić information content (AvgIpc) is 3.35. The molecule has 50 heavy (non-hydrogen) atoms. The number of carboxylic acid groups (broad SMARTS) is 1. The molecule has 0 radical (unpaired) electrons. The number of pyridine rings is 1. The molecule has 2 N–H and O–H groups in total. The molecule has 3 aromatic rings. The van der Waals surface area contributed by atoms with Crippen LogP contribution >= 0.6 is 11.6 Å². The summed E-state index contributed by atoms with van der Waals surface area (Å²) in [4.78, 5) is 45.0. The first kappa shape index (κ1) is 38.2. The Hall–Kier alpha value is -4.65. The minimum Gasteiger partial charge on any atom is -0.497 e. The lowest BCUT2D eigenvalue weighted by Crippen LogP contribution is -2.67. The first-order valence-corrected chi connectivity index (χ1v) is 16.4. The molecule has 0 aliphatic carbocycles. The highest BCUT2D eigenvalue weighted by Gasteiger charge is 2.63. The van der Waals surface area contributed by atoms with Crippen LogP contribution in [0.5, 0.6) is 17.4 Å². The Labute approximate surface area is 290 Å². The number of sulfonamides is 1. The molecule has 14 nitrogen and oxygen atoms in total. The van der Waals surface area contributed by atoms with Gasteiger partial charge in [-0.3, -0.25) is 14.5 Å². The number of aromatic nitrogens is 1. The van der Waals surface area contributed by atoms with E-state index in [2.05, 4.69) is 10.3 Å². The number of hydrogen-bond acceptors (Lipinski definition) is 11. The SMILES string of the molecule is COc1ccc(S(=O)(=O)N2C(=O)C(c3cccnc3OC)(N3CCNC[C@H]3C(=O)N(C)C)c3cc(Cl)ccc32)c(OC)c1.O=C(O)C(F)(F)F. The Morgan fingerprint density at radius 2 is 1.74 bits per heavy atom. The Bertz CT molecular complexity index is 1900. The second-order valence-corrected chi connectivity index (χ2v) is 13.2. The lowest BCUT2D eigenvalue weighted by Gasteiger charge is -2.47. The van der Waals surface area contributed by atoms with Gasteiger partial charge in [0.25, 0.3) is 15.9 Å². The molecule has 19 heteroatoms. The molecule has 2 atom stereocenters. The van der Waals surface area contributed by atoms with Gasteiger partial charge in [-0.2, -0.15) is 13.2 Å². The molecular weight excluding hydrogens is 711 g/mol. The Balaban J connectivity index is 0.000000727. The number of piperazine rings is 1. The van der Waals surface area contributed by atoms with Crippen LogP contribution < -0.4 is 23.8 Å². The molecular formula is C31H33ClF3N5O9S. The van der Waals surface area contributed by atoms with E-state index in [-0.39, 0.29) is 57.4 Å². The number of aliphatic carboxylic acids is 1. The van der Waals surface area contributed by atoms with Crippen LogP contribution in [-0.4, -0.2) is 113 Å². The Morgan fingerprint density at radius 1 is 1.06 bits per heavy atom. The van der Waals surface area contributed by atoms with E-state index in [0.717, 1.165) is 4.31 Å². The predicted molar refractivity (Wildman–Crippen MR) is 173 cm³/mol. The van der Waals surface area contributed by atoms with E-state index >= 15 is 4.79 Å². The summed E-state index contributed by atoms with van der Waals surface area (Å²) in [5.41, 5.74) is -1.26. The zero-order valence-electron chi connectivity index (χ0n) is 27.3. The first-order valence-electron chi connectivity index (χ1n) is 14.6. The van der Waals surface area contributed by atoms with Gasteiger partial charge in [-0.1, -0.05) is 11.6 Å². The van der Waals surface area contributed by atoms with Crippen molar-refractivity contribution in [3.63, 3.8) is 0 Å². The van der Waals surface area contributed by atoms with Gasteiger partial charge >= 0.3 is 12.1 Å². The third kappa shape index (κ3) is 6.75. The number of halogens is 4. The highest BCUT2D eigenvalue weighted by molar-refractivity contribution is 7.93. The van der Waals surface area contributed by atoms with E-state index in [4.69, 9.17) is 35.7 Å². The van der Waals surface area contributed by atoms with Crippen molar-refractivity contribution in [3.8, 4) is 17.4 Å². The molecule has 2 aromatic carbocycles. The fraction of sp³-hybridized carbons (Fsp3) is 0.355. The van der Waals surface area contributed by atoms with Gasteiger partial charge in [0.05, 0.1) is 27.0 Å². The van der Waals surface area contributed by atoms with Gasteiger partial charge < -0.3 is 29.5 Å². The van der Waals surface area contributed by atoms with Crippen LogP contribution in [0.3, 0.4) is 0 Å². The zero-order chi connectivity index (χ0) is 37.2. The third-order valence-electron chi connectivity index (χ3n) is 7.95. The molecule has 1 aromatic heterocycles. The second-order valence-electron chi connectivity index (χ2n) is 11.0. The number of carbonyl (C=O) groups is 3. The zero-order valence-corrected chi connectivity index (χ0v) is 28.9. The van der Waals surface area contributed by atoms with Gasteiger partial charge in [0.1, 0.15) is 22.4 Å². The number of hydrogen-bond donors (Lipinski definition) is 2. The highest BCUT2D eigenvalue weighted by Crippen LogP contribution is 2.54. The van der Waals surface area contributed by atoms with Crippen molar-refractivity contribution in [2.75, 3.05) is 59.4 Å². The van der Waals surface area contributed by atoms with Crippen LogP contribution in [0.1, 0.15) is 11.1 Å². The van der Waals surface area contributed by atoms with Gasteiger partial charge in [0.15, 0.2) is 5.54 Å². The number of nitrogens with one attached hydrogen (secondary N) is 1. The summed E-state index contributed by atoms with van der Waals surface area (Å²) in [7, 11) is 2.83. The van der Waals surface area contributed by atoms with E-state index in [9.17, 15) is 26.4 Å². The van der Waals surface area contributed by atoms with E-state index in [0.29, 0.717) is 12.3 Å². The monoisotopic (exact) mass is 743 g/mol. The van der Waals surface area contributed by atoms with Crippen molar-refractivity contribution in [1.82, 2.24) is 20.1 Å². The lowest BCUT2D eigenvalue weighted by molar-refractivity contribution is -0.192. The van der Waals surface area contributed by atoms with Gasteiger partial charge in [-0.25, -0.2) is 22.5 Å². The molecule has 2 aliphatic rings. The largest absolute Gasteiger partial charge is 0.497 e. The van der Waals surface area contributed by atoms with Crippen molar-refractivity contribution < 1.29 is 55.3 Å². The van der Waals surface area contributed by atoms with Gasteiger partial charge in [0, 0.05) is 62.1 Å². The number of nitrogens with zero attached hydrogens (tertiary/aromatic N) is 4. The van der Waals surface area contributed by atoms with E-state index in [1.807, 2.05) is 0 Å². The number of anilines is 1. The van der Waals surface area contributed by atoms with Gasteiger partial charge in [-0.15, -0.1) is 0 Å². The Kier molecular flexibility index (Phi) is 11.2. The van der Waals surface area contributed by atoms with Crippen LogP contribution in [0.2, 0.25) is 5.02 Å². The maximum absolute atomic E-state index is 15.2. The molecule has 5 rings (SSSR count). The number of carbonyl (C=O) groups excluding carboxylic acids is 2. The summed E-state index contributed by atoms with van der Waals surface area (Å²) in [5, 5.41) is 10.6. The standard InChI is InChI=1S/C29H32ClN5O7S.C2HF3O2/c1-33(2)27(36)23-17-31-13-14-34(23)29(20-7-6-12-32-26(20)42-5)21-15-18(30)8-10-22(21)35(28(29)37)43(38,39)25-11-9-19(40-3)16-24(25)41-4;3-2(4,5)1(6)7/h6-12,15-16,23,31H,13-14,17H2,1-5H3;(H,6,7)/t23-,29?;/m0./s1. The minimum absolute atomic E-state index is 0.0121. The maximum Gasteiger partial charge on any atom is 0.490 e. The number of fused-ring (bicyclic) bond motifs is 1. The molecule has 0 saturated carbocycles. The number of rotatable bonds is 8. The van der Waals surface area contributed by atoms with E-state index in [1.165, 1.54) is 62.8 Å². The van der Waals surface area contributed by atoms with Gasteiger partial charge in [-0.05, 0) is 42.5 Å². The maximum atomic E-state index is 15.2. The number of amides is 2. The summed E-state index contributed by atoms with van der Waals surface area (Å²) in [6, 6.07) is 11.2. The van der Waals surface area contributed by atoms with Crippen LogP contribution in [0.15, 0.2) is 59.6 Å². The molecule has 3 heterocycles. The third-order valence-corrected chi connectivity index (χ3v) is 9.92. The van der Waals surface area contributed by atoms with Gasteiger partial charge in [0.2, 0.25) is 11.8 Å². The van der Waals surface area contributed by atoms with Crippen molar-refractivity contribution in [2.24, 2.45) is 0 Å². The summed E-state index contributed by atoms with van der Waals surface area (Å²) >= 11 is 6.54. The predicted octanol–water partition coefficient (Wildman–Crippen LogP) is 2.74. The fourth-order valence-electron chi connectivity index (χ4n) is 5.82. The summed E-state index contributed by atoms with van der Waals surface area (Å²) in [5.74, 6) is -3.42. The van der Waals surface area contributed by atoms with Crippen LogP contribution in [0.25, 0.3) is 0 Å². The first-order chi connectivity index (χ1) is 23.5. The molecule has 1 unspecified atom stereocenters. The Morgan fingerprint density at radius 3 is 2.32 bits per heavy atom. The molecule has 2 aliphatic heterocycles. The number of ether oxygens (including phenoxy) is 3. The van der Waals surface area contributed by atoms with Crippen LogP contribution in [0.4, 0.5) is 18.9 Å². The topological polar surface area (TPSA) is 168 Å². The normalized spacial score (nSPS) is 19.2. The number of carboxylic acids is 1. The van der Waals surface area contributed by atoms with E-state index < -0.39 is 39.7 Å². The van der Waals surface area contributed by atoms with Crippen LogP contribution in [-0.2, 0) is 29.9 Å². The average molecular weight is 744 g/mol. The molecule has 2 amide bonds. The summed E-state index contributed by atoms with van der Waals surface area (Å²) < 4.78 is 77.9. The summed E-state index contributed by atoms with van der Waals surface area (Å²) in [6.07, 6.45) is -3.58. The molecule has 0 spiro atoms.